The number of rotatable bonds is 4. The van der Waals surface area contributed by atoms with E-state index in [1.807, 2.05) is 18.7 Å². The van der Waals surface area contributed by atoms with Crippen LogP contribution in [0.4, 0.5) is 23.4 Å². The Morgan fingerprint density at radius 3 is 2.41 bits per heavy atom. The lowest BCUT2D eigenvalue weighted by atomic mass is 9.80. The Hall–Kier alpha value is -2.39. The third-order valence-corrected chi connectivity index (χ3v) is 7.60. The van der Waals surface area contributed by atoms with Crippen molar-refractivity contribution in [2.45, 2.75) is 84.2 Å². The number of carbonyl (C=O) groups is 1. The van der Waals surface area contributed by atoms with Crippen LogP contribution in [0.25, 0.3) is 5.65 Å². The summed E-state index contributed by atoms with van der Waals surface area (Å²) in [5, 5.41) is 14.4. The van der Waals surface area contributed by atoms with E-state index < -0.39 is 35.2 Å². The second-order valence-electron chi connectivity index (χ2n) is 10.5. The molecule has 2 aliphatic rings. The molecular weight excluding hydrogens is 452 g/mol. The van der Waals surface area contributed by atoms with Gasteiger partial charge in [0.15, 0.2) is 11.5 Å². The number of anilines is 1. The number of fused-ring (bicyclic) bond motifs is 1. The van der Waals surface area contributed by atoms with Gasteiger partial charge in [-0.25, -0.2) is 9.37 Å². The Balaban J connectivity index is 1.79. The van der Waals surface area contributed by atoms with Crippen LogP contribution in [0, 0.1) is 24.1 Å². The van der Waals surface area contributed by atoms with E-state index in [4.69, 9.17) is 0 Å². The molecule has 0 unspecified atom stereocenters. The maximum Gasteiger partial charge on any atom is 0.391 e. The summed E-state index contributed by atoms with van der Waals surface area (Å²) in [6.45, 7) is 8.39. The second-order valence-corrected chi connectivity index (χ2v) is 10.5. The molecule has 6 nitrogen and oxygen atoms in total. The molecule has 1 aliphatic carbocycles. The fraction of sp³-hybridized carbons (Fsp3) is 0.708. The van der Waals surface area contributed by atoms with Gasteiger partial charge >= 0.3 is 12.1 Å². The normalized spacial score (nSPS) is 26.4. The van der Waals surface area contributed by atoms with Crippen molar-refractivity contribution in [1.82, 2.24) is 14.6 Å². The number of aromatic nitrogens is 3. The molecule has 0 bridgehead atoms. The molecule has 2 aromatic heterocycles. The van der Waals surface area contributed by atoms with Crippen molar-refractivity contribution in [2.75, 3.05) is 18.0 Å². The molecule has 1 N–H and O–H groups in total. The third-order valence-electron chi connectivity index (χ3n) is 7.60. The minimum absolute atomic E-state index is 0.0304. The van der Waals surface area contributed by atoms with E-state index in [0.717, 1.165) is 5.56 Å². The van der Waals surface area contributed by atoms with Crippen molar-refractivity contribution >= 4 is 17.4 Å². The van der Waals surface area contributed by atoms with E-state index in [2.05, 4.69) is 10.1 Å². The van der Waals surface area contributed by atoms with Crippen LogP contribution in [0.15, 0.2) is 0 Å². The number of alkyl halides is 3. The zero-order valence-electron chi connectivity index (χ0n) is 20.0. The maximum atomic E-state index is 15.6. The minimum atomic E-state index is -4.23. The number of carboxylic acid groups (broad SMARTS) is 1. The lowest BCUT2D eigenvalue weighted by Crippen LogP contribution is -2.47. The maximum absolute atomic E-state index is 15.6. The Labute approximate surface area is 196 Å². The van der Waals surface area contributed by atoms with E-state index in [0.29, 0.717) is 30.9 Å². The summed E-state index contributed by atoms with van der Waals surface area (Å²) in [5.74, 6) is -2.55. The number of hydrogen-bond acceptors (Lipinski definition) is 4. The van der Waals surface area contributed by atoms with Gasteiger partial charge in [-0.2, -0.15) is 22.8 Å². The van der Waals surface area contributed by atoms with Gasteiger partial charge in [0.05, 0.1) is 11.3 Å². The summed E-state index contributed by atoms with van der Waals surface area (Å²) < 4.78 is 56.4. The van der Waals surface area contributed by atoms with Crippen LogP contribution in [0.3, 0.4) is 0 Å². The number of nitrogens with zero attached hydrogens (tertiary/aromatic N) is 4. The number of carboxylic acids is 1. The molecule has 4 rings (SSSR count). The zero-order valence-corrected chi connectivity index (χ0v) is 20.0. The topological polar surface area (TPSA) is 70.7 Å². The quantitative estimate of drug-likeness (QED) is 0.553. The third kappa shape index (κ3) is 4.24. The van der Waals surface area contributed by atoms with Crippen LogP contribution < -0.4 is 4.90 Å². The minimum Gasteiger partial charge on any atom is -0.481 e. The number of halogens is 4. The molecule has 0 spiro atoms. The summed E-state index contributed by atoms with van der Waals surface area (Å²) in [6.07, 6.45) is -2.66. The standard InChI is InChI=1S/C24H32F4N4O2/c1-13(2)17-14(3)29-20-18(25)19(15-6-8-16(9-7-15)24(26,27)28)30-32(20)21(17)31-11-5-10-23(4,12-31)22(33)34/h13,15-16H,5-12H2,1-4H3,(H,33,34)/t15?,16?,23-/m1/s1. The Morgan fingerprint density at radius 2 is 1.85 bits per heavy atom. The first-order chi connectivity index (χ1) is 15.8. The first kappa shape index (κ1) is 24.7. The van der Waals surface area contributed by atoms with Crippen LogP contribution in [-0.2, 0) is 4.79 Å². The molecule has 0 aromatic carbocycles. The zero-order chi connectivity index (χ0) is 25.0. The average molecular weight is 485 g/mol. The van der Waals surface area contributed by atoms with Gasteiger partial charge in [-0.1, -0.05) is 13.8 Å². The van der Waals surface area contributed by atoms with Crippen LogP contribution in [0.2, 0.25) is 0 Å². The van der Waals surface area contributed by atoms with E-state index in [1.54, 1.807) is 13.8 Å². The summed E-state index contributed by atoms with van der Waals surface area (Å²) in [5.41, 5.74) is 0.781. The average Bonchev–Trinajstić information content (AvgIpc) is 3.08. The number of aryl methyl sites for hydroxylation is 1. The molecular formula is C24H32F4N4O2. The molecule has 10 heteroatoms. The van der Waals surface area contributed by atoms with Gasteiger partial charge in [0.2, 0.25) is 0 Å². The molecule has 0 radical (unpaired) electrons. The van der Waals surface area contributed by atoms with Gasteiger partial charge < -0.3 is 10.0 Å². The van der Waals surface area contributed by atoms with Gasteiger partial charge in [-0.05, 0) is 58.3 Å². The fourth-order valence-corrected chi connectivity index (χ4v) is 5.68. The lowest BCUT2D eigenvalue weighted by molar-refractivity contribution is -0.182. The van der Waals surface area contributed by atoms with Crippen LogP contribution in [0.1, 0.15) is 88.1 Å². The predicted octanol–water partition coefficient (Wildman–Crippen LogP) is 5.83. The van der Waals surface area contributed by atoms with Crippen LogP contribution in [0.5, 0.6) is 0 Å². The Bertz CT molecular complexity index is 1090. The summed E-state index contributed by atoms with van der Waals surface area (Å²) in [4.78, 5) is 18.4. The Morgan fingerprint density at radius 1 is 1.21 bits per heavy atom. The van der Waals surface area contributed by atoms with Crippen molar-refractivity contribution in [3.63, 3.8) is 0 Å². The molecule has 1 atom stereocenters. The lowest BCUT2D eigenvalue weighted by Gasteiger charge is -2.40. The van der Waals surface area contributed by atoms with E-state index in [9.17, 15) is 23.1 Å². The molecule has 2 aromatic rings. The SMILES string of the molecule is Cc1nc2c(F)c(C3CCC(C(F)(F)F)CC3)nn2c(N2CCC[C@@](C)(C(=O)O)C2)c1C(C)C. The molecule has 0 amide bonds. The highest BCUT2D eigenvalue weighted by Crippen LogP contribution is 2.44. The van der Waals surface area contributed by atoms with Crippen molar-refractivity contribution in [2.24, 2.45) is 11.3 Å². The highest BCUT2D eigenvalue weighted by Gasteiger charge is 2.43. The smallest absolute Gasteiger partial charge is 0.391 e. The van der Waals surface area contributed by atoms with Crippen molar-refractivity contribution in [1.29, 1.82) is 0 Å². The molecule has 1 saturated heterocycles. The van der Waals surface area contributed by atoms with Crippen LogP contribution >= 0.6 is 0 Å². The summed E-state index contributed by atoms with van der Waals surface area (Å²) in [7, 11) is 0. The summed E-state index contributed by atoms with van der Waals surface area (Å²) in [6, 6.07) is 0. The first-order valence-electron chi connectivity index (χ1n) is 12.0. The predicted molar refractivity (Wildman–Crippen MR) is 120 cm³/mol. The van der Waals surface area contributed by atoms with E-state index in [1.165, 1.54) is 4.52 Å². The molecule has 1 aliphatic heterocycles. The van der Waals surface area contributed by atoms with Crippen molar-refractivity contribution in [3.8, 4) is 0 Å². The molecule has 2 fully saturated rings. The number of piperidine rings is 1. The largest absolute Gasteiger partial charge is 0.481 e. The second kappa shape index (κ2) is 8.68. The monoisotopic (exact) mass is 484 g/mol. The molecule has 188 valence electrons. The van der Waals surface area contributed by atoms with E-state index >= 15 is 4.39 Å². The van der Waals surface area contributed by atoms with Gasteiger partial charge in [-0.15, -0.1) is 0 Å². The molecule has 34 heavy (non-hydrogen) atoms. The van der Waals surface area contributed by atoms with Crippen LogP contribution in [-0.4, -0.2) is 44.9 Å². The van der Waals surface area contributed by atoms with Gasteiger partial charge in [0, 0.05) is 30.3 Å². The molecule has 1 saturated carbocycles. The number of hydrogen-bond donors (Lipinski definition) is 1. The van der Waals surface area contributed by atoms with Crippen molar-refractivity contribution < 1.29 is 27.5 Å². The van der Waals surface area contributed by atoms with Crippen molar-refractivity contribution in [3.05, 3.63) is 22.8 Å². The first-order valence-corrected chi connectivity index (χ1v) is 12.0. The van der Waals surface area contributed by atoms with Gasteiger partial charge in [-0.3, -0.25) is 4.79 Å². The van der Waals surface area contributed by atoms with Gasteiger partial charge in [0.1, 0.15) is 11.5 Å². The van der Waals surface area contributed by atoms with Gasteiger partial charge in [0.25, 0.3) is 0 Å². The fourth-order valence-electron chi connectivity index (χ4n) is 5.68. The molecule has 3 heterocycles. The Kier molecular flexibility index (Phi) is 6.31. The van der Waals surface area contributed by atoms with E-state index in [-0.39, 0.29) is 49.5 Å². The highest BCUT2D eigenvalue weighted by molar-refractivity contribution is 5.75. The highest BCUT2D eigenvalue weighted by atomic mass is 19.4. The summed E-state index contributed by atoms with van der Waals surface area (Å²) >= 11 is 0. The number of aliphatic carboxylic acids is 1.